The minimum Gasteiger partial charge on any atom is -0.486 e. The van der Waals surface area contributed by atoms with E-state index in [2.05, 4.69) is 20.8 Å². The highest BCUT2D eigenvalue weighted by molar-refractivity contribution is 5.91. The Kier molecular flexibility index (Phi) is 6.24. The average Bonchev–Trinajstić information content (AvgIpc) is 2.65. The molecule has 0 saturated heterocycles. The molecule has 0 aromatic heterocycles. The summed E-state index contributed by atoms with van der Waals surface area (Å²) >= 11 is 0. The fourth-order valence-electron chi connectivity index (χ4n) is 3.83. The van der Waals surface area contributed by atoms with Crippen molar-refractivity contribution in [2.75, 3.05) is 19.8 Å². The Morgan fingerprint density at radius 3 is 2.63 bits per heavy atom. The molecule has 1 heterocycles. The third kappa shape index (κ3) is 4.93. The standard InChI is InChI=1S/C21H28O6/c1-13(2)16-6-4-14(3)10-18(16)27-20(22)12-26-21(23)15-5-7-17-19(11-15)25-9-8-24-17/h5,7,11,13-14,16,18H,4,6,8-10,12H2,1-3H3/t14-,16-,18+/m0/s1. The topological polar surface area (TPSA) is 71.1 Å². The number of hydrogen-bond donors (Lipinski definition) is 0. The van der Waals surface area contributed by atoms with E-state index in [1.54, 1.807) is 18.2 Å². The largest absolute Gasteiger partial charge is 0.486 e. The van der Waals surface area contributed by atoms with Gasteiger partial charge >= 0.3 is 11.9 Å². The number of ether oxygens (including phenoxy) is 4. The SMILES string of the molecule is CC(C)[C@@H]1CC[C@H](C)C[C@H]1OC(=O)COC(=O)c1ccc2c(c1)OCCO2. The van der Waals surface area contributed by atoms with Gasteiger partial charge < -0.3 is 18.9 Å². The van der Waals surface area contributed by atoms with Gasteiger partial charge in [-0.25, -0.2) is 9.59 Å². The Morgan fingerprint density at radius 2 is 1.89 bits per heavy atom. The molecule has 1 aromatic rings. The molecular formula is C21H28O6. The molecule has 1 aromatic carbocycles. The van der Waals surface area contributed by atoms with Crippen LogP contribution in [0.15, 0.2) is 18.2 Å². The number of carbonyl (C=O) groups excluding carboxylic acids is 2. The Morgan fingerprint density at radius 1 is 1.15 bits per heavy atom. The van der Waals surface area contributed by atoms with Gasteiger partial charge in [0.1, 0.15) is 19.3 Å². The van der Waals surface area contributed by atoms with Crippen LogP contribution in [-0.2, 0) is 14.3 Å². The molecule has 0 unspecified atom stereocenters. The van der Waals surface area contributed by atoms with Gasteiger partial charge in [0.15, 0.2) is 18.1 Å². The quantitative estimate of drug-likeness (QED) is 0.731. The van der Waals surface area contributed by atoms with Crippen LogP contribution in [0.5, 0.6) is 11.5 Å². The fraction of sp³-hybridized carbons (Fsp3) is 0.619. The van der Waals surface area contributed by atoms with Gasteiger partial charge in [0, 0.05) is 0 Å². The van der Waals surface area contributed by atoms with E-state index in [1.165, 1.54) is 0 Å². The fourth-order valence-corrected chi connectivity index (χ4v) is 3.83. The molecule has 1 aliphatic carbocycles. The van der Waals surface area contributed by atoms with Gasteiger partial charge in [-0.2, -0.15) is 0 Å². The zero-order valence-corrected chi connectivity index (χ0v) is 16.2. The summed E-state index contributed by atoms with van der Waals surface area (Å²) in [7, 11) is 0. The molecule has 148 valence electrons. The Labute approximate surface area is 160 Å². The van der Waals surface area contributed by atoms with Crippen molar-refractivity contribution in [3.63, 3.8) is 0 Å². The van der Waals surface area contributed by atoms with Gasteiger partial charge in [0.25, 0.3) is 0 Å². The van der Waals surface area contributed by atoms with Crippen LogP contribution in [0.1, 0.15) is 50.4 Å². The molecule has 0 N–H and O–H groups in total. The molecule has 0 bridgehead atoms. The highest BCUT2D eigenvalue weighted by Crippen LogP contribution is 2.35. The van der Waals surface area contributed by atoms with Crippen molar-refractivity contribution < 1.29 is 28.5 Å². The second-order valence-electron chi connectivity index (χ2n) is 7.79. The summed E-state index contributed by atoms with van der Waals surface area (Å²) in [6, 6.07) is 4.83. The molecule has 0 amide bonds. The van der Waals surface area contributed by atoms with Gasteiger partial charge in [-0.15, -0.1) is 0 Å². The van der Waals surface area contributed by atoms with E-state index in [1.807, 2.05) is 0 Å². The van der Waals surface area contributed by atoms with Crippen molar-refractivity contribution in [3.05, 3.63) is 23.8 Å². The van der Waals surface area contributed by atoms with E-state index >= 15 is 0 Å². The highest BCUT2D eigenvalue weighted by Gasteiger charge is 2.33. The van der Waals surface area contributed by atoms with E-state index < -0.39 is 11.9 Å². The number of rotatable bonds is 5. The van der Waals surface area contributed by atoms with Crippen molar-refractivity contribution in [3.8, 4) is 11.5 Å². The lowest BCUT2D eigenvalue weighted by molar-refractivity contribution is -0.159. The van der Waals surface area contributed by atoms with E-state index in [9.17, 15) is 9.59 Å². The molecule has 27 heavy (non-hydrogen) atoms. The average molecular weight is 376 g/mol. The maximum Gasteiger partial charge on any atom is 0.344 e. The molecule has 0 spiro atoms. The zero-order valence-electron chi connectivity index (χ0n) is 16.2. The van der Waals surface area contributed by atoms with E-state index in [0.29, 0.717) is 48.0 Å². The van der Waals surface area contributed by atoms with Crippen LogP contribution in [0.25, 0.3) is 0 Å². The zero-order chi connectivity index (χ0) is 19.4. The molecule has 1 fully saturated rings. The van der Waals surface area contributed by atoms with Crippen molar-refractivity contribution >= 4 is 11.9 Å². The predicted molar refractivity (Wildman–Crippen MR) is 98.9 cm³/mol. The number of fused-ring (bicyclic) bond motifs is 1. The normalized spacial score (nSPS) is 24.4. The Hall–Kier alpha value is -2.24. The third-order valence-corrected chi connectivity index (χ3v) is 5.34. The second kappa shape index (κ2) is 8.63. The minimum atomic E-state index is -0.582. The van der Waals surface area contributed by atoms with Gasteiger partial charge in [-0.05, 0) is 48.8 Å². The van der Waals surface area contributed by atoms with Gasteiger partial charge in [-0.1, -0.05) is 27.2 Å². The second-order valence-corrected chi connectivity index (χ2v) is 7.79. The summed E-state index contributed by atoms with van der Waals surface area (Å²) in [5, 5.41) is 0. The summed E-state index contributed by atoms with van der Waals surface area (Å²) in [4.78, 5) is 24.4. The van der Waals surface area contributed by atoms with E-state index in [4.69, 9.17) is 18.9 Å². The van der Waals surface area contributed by atoms with Crippen molar-refractivity contribution in [2.24, 2.45) is 17.8 Å². The first kappa shape index (κ1) is 19.5. The van der Waals surface area contributed by atoms with Crippen molar-refractivity contribution in [2.45, 2.75) is 46.1 Å². The molecule has 0 radical (unpaired) electrons. The lowest BCUT2D eigenvalue weighted by atomic mass is 9.75. The highest BCUT2D eigenvalue weighted by atomic mass is 16.6. The first-order valence-corrected chi connectivity index (χ1v) is 9.70. The maximum absolute atomic E-state index is 12.2. The summed E-state index contributed by atoms with van der Waals surface area (Å²) < 4.78 is 21.7. The van der Waals surface area contributed by atoms with E-state index in [-0.39, 0.29) is 12.7 Å². The van der Waals surface area contributed by atoms with Crippen LogP contribution in [0.3, 0.4) is 0 Å². The number of hydrogen-bond acceptors (Lipinski definition) is 6. The van der Waals surface area contributed by atoms with Crippen LogP contribution in [0, 0.1) is 17.8 Å². The predicted octanol–water partition coefficient (Wildman–Crippen LogP) is 3.62. The van der Waals surface area contributed by atoms with Crippen LogP contribution in [-0.4, -0.2) is 37.9 Å². The molecule has 6 nitrogen and oxygen atoms in total. The summed E-state index contributed by atoms with van der Waals surface area (Å²) in [5.41, 5.74) is 0.318. The number of esters is 2. The summed E-state index contributed by atoms with van der Waals surface area (Å²) in [6.45, 7) is 7.03. The monoisotopic (exact) mass is 376 g/mol. The first-order chi connectivity index (χ1) is 12.9. The van der Waals surface area contributed by atoms with Crippen molar-refractivity contribution in [1.82, 2.24) is 0 Å². The molecular weight excluding hydrogens is 348 g/mol. The number of carbonyl (C=O) groups is 2. The minimum absolute atomic E-state index is 0.103. The summed E-state index contributed by atoms with van der Waals surface area (Å²) in [6.07, 6.45) is 2.99. The molecule has 3 rings (SSSR count). The number of benzene rings is 1. The molecule has 1 aliphatic heterocycles. The molecule has 3 atom stereocenters. The van der Waals surface area contributed by atoms with Crippen LogP contribution >= 0.6 is 0 Å². The lowest BCUT2D eigenvalue weighted by Gasteiger charge is -2.36. The van der Waals surface area contributed by atoms with E-state index in [0.717, 1.165) is 19.3 Å². The first-order valence-electron chi connectivity index (χ1n) is 9.70. The molecule has 2 aliphatic rings. The smallest absolute Gasteiger partial charge is 0.344 e. The third-order valence-electron chi connectivity index (χ3n) is 5.34. The Bertz CT molecular complexity index is 683. The molecule has 6 heteroatoms. The maximum atomic E-state index is 12.2. The van der Waals surface area contributed by atoms with Crippen LogP contribution < -0.4 is 9.47 Å². The van der Waals surface area contributed by atoms with Gasteiger partial charge in [0.05, 0.1) is 5.56 Å². The van der Waals surface area contributed by atoms with Crippen LogP contribution in [0.4, 0.5) is 0 Å². The van der Waals surface area contributed by atoms with Crippen LogP contribution in [0.2, 0.25) is 0 Å². The van der Waals surface area contributed by atoms with Crippen molar-refractivity contribution in [1.29, 1.82) is 0 Å². The van der Waals surface area contributed by atoms with Gasteiger partial charge in [0.2, 0.25) is 0 Å². The van der Waals surface area contributed by atoms with Gasteiger partial charge in [-0.3, -0.25) is 0 Å². The Balaban J connectivity index is 1.53. The molecule has 1 saturated carbocycles. The lowest BCUT2D eigenvalue weighted by Crippen LogP contribution is -2.36. The summed E-state index contributed by atoms with van der Waals surface area (Å²) in [5.74, 6) is 1.39.